The van der Waals surface area contributed by atoms with E-state index in [0.29, 0.717) is 0 Å². The molecule has 0 radical (unpaired) electrons. The Morgan fingerprint density at radius 1 is 1.56 bits per heavy atom. The maximum atomic E-state index is 4.03. The van der Waals surface area contributed by atoms with Crippen LogP contribution < -0.4 is 5.43 Å². The summed E-state index contributed by atoms with van der Waals surface area (Å²) >= 11 is 0. The van der Waals surface area contributed by atoms with Crippen molar-refractivity contribution in [3.05, 3.63) is 0 Å². The maximum absolute atomic E-state index is 4.03. The fourth-order valence-electron chi connectivity index (χ4n) is 0.293. The lowest BCUT2D eigenvalue weighted by Crippen LogP contribution is -2.21. The molecule has 0 aliphatic rings. The van der Waals surface area contributed by atoms with Gasteiger partial charge in [-0.3, -0.25) is 0 Å². The summed E-state index contributed by atoms with van der Waals surface area (Å²) < 4.78 is 0. The second-order valence-electron chi connectivity index (χ2n) is 2.07. The van der Waals surface area contributed by atoms with Crippen LogP contribution in [-0.4, -0.2) is 31.4 Å². The highest BCUT2D eigenvalue weighted by Gasteiger charge is 1.88. The summed E-state index contributed by atoms with van der Waals surface area (Å²) in [5, 5.41) is 4.03. The molecule has 0 aliphatic heterocycles. The number of amidine groups is 1. The van der Waals surface area contributed by atoms with Gasteiger partial charge in [-0.15, -0.1) is 0 Å². The Kier molecular flexibility index (Phi) is 3.84. The molecule has 0 atom stereocenters. The SMILES string of the molecule is CCN/N=C(\C)N(C)C. The van der Waals surface area contributed by atoms with Gasteiger partial charge in [0.1, 0.15) is 5.84 Å². The Bertz CT molecular complexity index is 96.5. The largest absolute Gasteiger partial charge is 0.365 e. The van der Waals surface area contributed by atoms with E-state index in [2.05, 4.69) is 10.5 Å². The highest BCUT2D eigenvalue weighted by Crippen LogP contribution is 1.77. The third-order valence-electron chi connectivity index (χ3n) is 1.05. The molecule has 0 amide bonds. The highest BCUT2D eigenvalue weighted by atomic mass is 15.3. The third-order valence-corrected chi connectivity index (χ3v) is 1.05. The Morgan fingerprint density at radius 3 is 2.44 bits per heavy atom. The molecule has 3 nitrogen and oxygen atoms in total. The van der Waals surface area contributed by atoms with Crippen LogP contribution in [0, 0.1) is 0 Å². The van der Waals surface area contributed by atoms with E-state index in [9.17, 15) is 0 Å². The molecular weight excluding hydrogens is 114 g/mol. The molecule has 0 unspecified atom stereocenters. The smallest absolute Gasteiger partial charge is 0.121 e. The zero-order valence-electron chi connectivity index (χ0n) is 6.60. The predicted molar refractivity (Wildman–Crippen MR) is 40.5 cm³/mol. The summed E-state index contributed by atoms with van der Waals surface area (Å²) in [5.74, 6) is 0.997. The molecule has 0 heterocycles. The second-order valence-corrected chi connectivity index (χ2v) is 2.07. The van der Waals surface area contributed by atoms with Gasteiger partial charge >= 0.3 is 0 Å². The second kappa shape index (κ2) is 4.18. The number of hydrogen-bond donors (Lipinski definition) is 1. The summed E-state index contributed by atoms with van der Waals surface area (Å²) in [6.45, 7) is 4.86. The van der Waals surface area contributed by atoms with Crippen LogP contribution >= 0.6 is 0 Å². The van der Waals surface area contributed by atoms with Crippen molar-refractivity contribution in [2.45, 2.75) is 13.8 Å². The first-order chi connectivity index (χ1) is 4.18. The van der Waals surface area contributed by atoms with Crippen molar-refractivity contribution in [2.24, 2.45) is 5.10 Å². The van der Waals surface area contributed by atoms with Gasteiger partial charge in [-0.25, -0.2) is 0 Å². The van der Waals surface area contributed by atoms with Gasteiger partial charge in [-0.1, -0.05) is 0 Å². The van der Waals surface area contributed by atoms with E-state index in [1.807, 2.05) is 32.8 Å². The van der Waals surface area contributed by atoms with Crippen LogP contribution in [0.1, 0.15) is 13.8 Å². The monoisotopic (exact) mass is 129 g/mol. The van der Waals surface area contributed by atoms with Crippen molar-refractivity contribution in [3.8, 4) is 0 Å². The lowest BCUT2D eigenvalue weighted by atomic mass is 10.6. The van der Waals surface area contributed by atoms with E-state index in [1.165, 1.54) is 0 Å². The minimum atomic E-state index is 0.880. The molecule has 9 heavy (non-hydrogen) atoms. The van der Waals surface area contributed by atoms with Gasteiger partial charge in [-0.2, -0.15) is 5.10 Å². The molecule has 0 aromatic heterocycles. The van der Waals surface area contributed by atoms with Crippen LogP contribution in [0.2, 0.25) is 0 Å². The number of rotatable bonds is 2. The number of nitrogens with zero attached hydrogens (tertiary/aromatic N) is 2. The van der Waals surface area contributed by atoms with Crippen LogP contribution in [0.5, 0.6) is 0 Å². The van der Waals surface area contributed by atoms with Crippen LogP contribution in [0.25, 0.3) is 0 Å². The molecule has 0 aliphatic carbocycles. The first-order valence-corrected chi connectivity index (χ1v) is 3.13. The summed E-state index contributed by atoms with van der Waals surface area (Å²) in [4.78, 5) is 1.96. The van der Waals surface area contributed by atoms with E-state index in [1.54, 1.807) is 0 Å². The predicted octanol–water partition coefficient (Wildman–Crippen LogP) is 0.491. The maximum Gasteiger partial charge on any atom is 0.121 e. The van der Waals surface area contributed by atoms with Crippen molar-refractivity contribution >= 4 is 5.84 Å². The normalized spacial score (nSPS) is 11.3. The minimum Gasteiger partial charge on any atom is -0.365 e. The van der Waals surface area contributed by atoms with Gasteiger partial charge in [0.25, 0.3) is 0 Å². The van der Waals surface area contributed by atoms with Gasteiger partial charge in [0.2, 0.25) is 0 Å². The van der Waals surface area contributed by atoms with Gasteiger partial charge < -0.3 is 10.3 Å². The van der Waals surface area contributed by atoms with Crippen molar-refractivity contribution in [1.82, 2.24) is 10.3 Å². The minimum absolute atomic E-state index is 0.880. The topological polar surface area (TPSA) is 27.6 Å². The molecule has 0 saturated heterocycles. The van der Waals surface area contributed by atoms with Crippen LogP contribution in [0.4, 0.5) is 0 Å². The van der Waals surface area contributed by atoms with E-state index < -0.39 is 0 Å². The molecule has 0 aromatic carbocycles. The molecule has 1 N–H and O–H groups in total. The van der Waals surface area contributed by atoms with Crippen LogP contribution in [0.15, 0.2) is 5.10 Å². The fraction of sp³-hybridized carbons (Fsp3) is 0.833. The molecule has 0 rings (SSSR count). The molecular formula is C6H15N3. The number of nitrogens with one attached hydrogen (secondary N) is 1. The highest BCUT2D eigenvalue weighted by molar-refractivity contribution is 5.78. The van der Waals surface area contributed by atoms with Crippen molar-refractivity contribution < 1.29 is 0 Å². The summed E-state index contributed by atoms with van der Waals surface area (Å²) in [5.41, 5.74) is 2.88. The lowest BCUT2D eigenvalue weighted by molar-refractivity contribution is 0.602. The first-order valence-electron chi connectivity index (χ1n) is 3.13. The number of hydrogen-bond acceptors (Lipinski definition) is 2. The Morgan fingerprint density at radius 2 is 2.11 bits per heavy atom. The zero-order valence-corrected chi connectivity index (χ0v) is 6.60. The van der Waals surface area contributed by atoms with Gasteiger partial charge in [0, 0.05) is 20.6 Å². The third kappa shape index (κ3) is 3.82. The van der Waals surface area contributed by atoms with E-state index in [0.717, 1.165) is 12.4 Å². The molecule has 54 valence electrons. The molecule has 0 aromatic rings. The van der Waals surface area contributed by atoms with E-state index >= 15 is 0 Å². The molecule has 0 saturated carbocycles. The summed E-state index contributed by atoms with van der Waals surface area (Å²) in [6.07, 6.45) is 0. The zero-order chi connectivity index (χ0) is 7.28. The molecule has 0 bridgehead atoms. The number of hydrazone groups is 1. The molecule has 0 fully saturated rings. The van der Waals surface area contributed by atoms with E-state index in [-0.39, 0.29) is 0 Å². The molecule has 3 heteroatoms. The standard InChI is InChI=1S/C6H15N3/c1-5-7-8-6(2)9(3)4/h7H,5H2,1-4H3/b8-6+. The Balaban J connectivity index is 3.55. The lowest BCUT2D eigenvalue weighted by Gasteiger charge is -2.10. The van der Waals surface area contributed by atoms with Crippen molar-refractivity contribution in [2.75, 3.05) is 20.6 Å². The Hall–Kier alpha value is -0.730. The average molecular weight is 129 g/mol. The van der Waals surface area contributed by atoms with E-state index in [4.69, 9.17) is 0 Å². The Labute approximate surface area is 56.7 Å². The van der Waals surface area contributed by atoms with Gasteiger partial charge in [0.05, 0.1) is 0 Å². The fourth-order valence-corrected chi connectivity index (χ4v) is 0.293. The summed E-state index contributed by atoms with van der Waals surface area (Å²) in [6, 6.07) is 0. The summed E-state index contributed by atoms with van der Waals surface area (Å²) in [7, 11) is 3.94. The van der Waals surface area contributed by atoms with Crippen molar-refractivity contribution in [1.29, 1.82) is 0 Å². The molecule has 0 spiro atoms. The van der Waals surface area contributed by atoms with Gasteiger partial charge in [0.15, 0.2) is 0 Å². The quantitative estimate of drug-likeness (QED) is 0.334. The average Bonchev–Trinajstić information content (AvgIpc) is 1.82. The van der Waals surface area contributed by atoms with Crippen LogP contribution in [0.3, 0.4) is 0 Å². The first kappa shape index (κ1) is 8.27. The van der Waals surface area contributed by atoms with Crippen molar-refractivity contribution in [3.63, 3.8) is 0 Å². The van der Waals surface area contributed by atoms with Crippen LogP contribution in [-0.2, 0) is 0 Å². The van der Waals surface area contributed by atoms with Gasteiger partial charge in [-0.05, 0) is 13.8 Å².